The van der Waals surface area contributed by atoms with Gasteiger partial charge in [0, 0.05) is 40.8 Å². The lowest BCUT2D eigenvalue weighted by atomic mass is 10.0. The molecule has 2 aromatic carbocycles. The number of rotatable bonds is 15. The second-order valence-electron chi connectivity index (χ2n) is 11.0. The Hall–Kier alpha value is -3.85. The van der Waals surface area contributed by atoms with E-state index in [4.69, 9.17) is 22.9 Å². The van der Waals surface area contributed by atoms with Gasteiger partial charge in [-0.2, -0.15) is 18.2 Å². The number of aromatic amines is 1. The smallest absolute Gasteiger partial charge is 0.370 e. The van der Waals surface area contributed by atoms with Crippen molar-refractivity contribution >= 4 is 28.8 Å². The highest BCUT2D eigenvalue weighted by molar-refractivity contribution is 8.00. The van der Waals surface area contributed by atoms with Gasteiger partial charge in [-0.05, 0) is 117 Å². The normalized spacial score (nSPS) is 13.2. The number of halogens is 3. The molecule has 0 radical (unpaired) electrons. The molecule has 0 saturated heterocycles. The first-order chi connectivity index (χ1) is 21.4. The van der Waals surface area contributed by atoms with E-state index in [-0.39, 0.29) is 34.7 Å². The molecule has 0 amide bonds. The van der Waals surface area contributed by atoms with Gasteiger partial charge >= 0.3 is 11.2 Å². The van der Waals surface area contributed by atoms with Crippen LogP contribution in [0.15, 0.2) is 69.4 Å². The van der Waals surface area contributed by atoms with Crippen LogP contribution in [0.1, 0.15) is 49.8 Å². The first-order valence-electron chi connectivity index (χ1n) is 14.8. The number of benzene rings is 2. The number of aromatic nitrogens is 3. The molecule has 242 valence electrons. The fourth-order valence-electron chi connectivity index (χ4n) is 5.10. The molecule has 10 N–H and O–H groups in total. The lowest BCUT2D eigenvalue weighted by Gasteiger charge is -2.19. The summed E-state index contributed by atoms with van der Waals surface area (Å²) in [5.74, 6) is 0.0648. The maximum Gasteiger partial charge on any atom is 0.446 e. The zero-order valence-corrected chi connectivity index (χ0v) is 25.9. The number of alkyl halides is 3. The number of hydrogen-bond acceptors (Lipinski definition) is 7. The van der Waals surface area contributed by atoms with Crippen LogP contribution in [0, 0.1) is 0 Å². The molecule has 2 atom stereocenters. The van der Waals surface area contributed by atoms with Crippen molar-refractivity contribution in [3.05, 3.63) is 76.3 Å². The molecule has 4 rings (SSSR count). The summed E-state index contributed by atoms with van der Waals surface area (Å²) in [7, 11) is 0. The first-order valence-corrected chi connectivity index (χ1v) is 15.6. The minimum atomic E-state index is -4.42. The van der Waals surface area contributed by atoms with E-state index in [1.807, 2.05) is 37.3 Å². The van der Waals surface area contributed by atoms with Crippen LogP contribution in [0.5, 0.6) is 0 Å². The van der Waals surface area contributed by atoms with E-state index < -0.39 is 11.2 Å². The van der Waals surface area contributed by atoms with Crippen molar-refractivity contribution in [1.82, 2.24) is 19.9 Å². The van der Waals surface area contributed by atoms with Crippen LogP contribution < -0.4 is 33.9 Å². The first kappa shape index (κ1) is 34.0. The number of nitrogens with two attached hydrogens (primary N) is 4. The lowest BCUT2D eigenvalue weighted by molar-refractivity contribution is -0.0328. The highest BCUT2D eigenvalue weighted by Gasteiger charge is 2.29. The summed E-state index contributed by atoms with van der Waals surface area (Å²) in [5.41, 5.74) is 21.5. The van der Waals surface area contributed by atoms with Gasteiger partial charge in [-0.25, -0.2) is 4.79 Å². The van der Waals surface area contributed by atoms with Crippen molar-refractivity contribution in [1.29, 1.82) is 0 Å². The molecule has 0 unspecified atom stereocenters. The van der Waals surface area contributed by atoms with Gasteiger partial charge in [0.15, 0.2) is 5.96 Å². The Morgan fingerprint density at radius 2 is 1.87 bits per heavy atom. The largest absolute Gasteiger partial charge is 0.446 e. The topological polar surface area (TPSA) is 179 Å². The predicted molar refractivity (Wildman–Crippen MR) is 175 cm³/mol. The highest BCUT2D eigenvalue weighted by atomic mass is 32.2. The van der Waals surface area contributed by atoms with Gasteiger partial charge in [-0.1, -0.05) is 12.1 Å². The van der Waals surface area contributed by atoms with E-state index in [1.165, 1.54) is 10.6 Å². The lowest BCUT2D eigenvalue weighted by Crippen LogP contribution is -2.26. The molecule has 10 nitrogen and oxygen atoms in total. The molecule has 2 heterocycles. The molecule has 2 aromatic heterocycles. The maximum absolute atomic E-state index is 13.3. The van der Waals surface area contributed by atoms with Crippen molar-refractivity contribution in [2.24, 2.45) is 27.9 Å². The molecule has 4 aromatic rings. The number of nitrogens with one attached hydrogen (secondary N) is 2. The average Bonchev–Trinajstić information content (AvgIpc) is 3.38. The number of H-pyrrole nitrogens is 1. The zero-order valence-electron chi connectivity index (χ0n) is 25.1. The molecule has 0 aliphatic carbocycles. The maximum atomic E-state index is 13.3. The monoisotopic (exact) mass is 643 g/mol. The van der Waals surface area contributed by atoms with Crippen LogP contribution in [-0.2, 0) is 6.42 Å². The third-order valence-corrected chi connectivity index (χ3v) is 7.90. The molecule has 0 aliphatic rings. The van der Waals surface area contributed by atoms with Gasteiger partial charge in [-0.3, -0.25) is 9.56 Å². The summed E-state index contributed by atoms with van der Waals surface area (Å²) < 4.78 is 41.2. The van der Waals surface area contributed by atoms with Gasteiger partial charge in [0.1, 0.15) is 5.65 Å². The van der Waals surface area contributed by atoms with Gasteiger partial charge in [0.2, 0.25) is 0 Å². The predicted octanol–water partition coefficient (Wildman–Crippen LogP) is 4.31. The summed E-state index contributed by atoms with van der Waals surface area (Å²) in [5, 5.41) is 4.12. The van der Waals surface area contributed by atoms with Crippen molar-refractivity contribution in [2.45, 2.75) is 61.5 Å². The second kappa shape index (κ2) is 15.4. The molecule has 0 bridgehead atoms. The second-order valence-corrected chi connectivity index (χ2v) is 12.1. The molecule has 0 spiro atoms. The zero-order chi connectivity index (χ0) is 32.6. The van der Waals surface area contributed by atoms with Gasteiger partial charge in [0.25, 0.3) is 0 Å². The summed E-state index contributed by atoms with van der Waals surface area (Å²) in [4.78, 5) is 24.5. The highest BCUT2D eigenvalue weighted by Crippen LogP contribution is 2.39. The van der Waals surface area contributed by atoms with Crippen LogP contribution in [0.2, 0.25) is 0 Å². The Morgan fingerprint density at radius 1 is 1.11 bits per heavy atom. The molecule has 0 saturated carbocycles. The van der Waals surface area contributed by atoms with Crippen LogP contribution in [-0.4, -0.2) is 51.7 Å². The molecule has 0 fully saturated rings. The number of aliphatic imine (C=N–C) groups is 1. The SMILES string of the molecule is C[C@H](N)CCCc1cc(SC(F)(F)F)cc(-c2cc3cn(-c4ccc([C@H](CCN)NCCCN=C(N)N)cc4)c(=O)nc3[nH]2)c1. The number of aryl methyl sites for hydroxylation is 1. The van der Waals surface area contributed by atoms with Crippen LogP contribution in [0.4, 0.5) is 13.2 Å². The summed E-state index contributed by atoms with van der Waals surface area (Å²) >= 11 is -0.148. The molecular weight excluding hydrogens is 603 g/mol. The number of hydrogen-bond donors (Lipinski definition) is 6. The fourth-order valence-corrected chi connectivity index (χ4v) is 5.76. The molecule has 14 heteroatoms. The Morgan fingerprint density at radius 3 is 2.53 bits per heavy atom. The third kappa shape index (κ3) is 10.1. The number of guanidine groups is 1. The minimum absolute atomic E-state index is 0.0121. The van der Waals surface area contributed by atoms with Crippen molar-refractivity contribution < 1.29 is 13.2 Å². The van der Waals surface area contributed by atoms with Crippen molar-refractivity contribution in [3.63, 3.8) is 0 Å². The summed E-state index contributed by atoms with van der Waals surface area (Å²) in [6.07, 6.45) is 5.28. The van der Waals surface area contributed by atoms with Crippen LogP contribution in [0.25, 0.3) is 28.0 Å². The molecular formula is C31H40F3N9OS. The Balaban J connectivity index is 1.58. The standard InChI is InChI=1S/C31H40F3N9OS/c1-19(36)4-2-5-20-14-22(16-25(15-20)45-31(32,33)34)27-17-23-18-43(30(44)42-28(23)41-27)24-8-6-21(7-9-24)26(10-11-35)39-12-3-13-40-29(37)38/h6-9,14-19,26,39H,2-5,10-13,35-36H2,1H3,(H4,37,38,40)(H,41,42,44)/t19-,26-/m0/s1. The Kier molecular flexibility index (Phi) is 11.7. The van der Waals surface area contributed by atoms with Gasteiger partial charge in [0.05, 0.1) is 5.69 Å². The van der Waals surface area contributed by atoms with E-state index in [0.717, 1.165) is 36.8 Å². The van der Waals surface area contributed by atoms with Crippen molar-refractivity contribution in [3.8, 4) is 16.9 Å². The van der Waals surface area contributed by atoms with Crippen molar-refractivity contribution in [2.75, 3.05) is 19.6 Å². The summed E-state index contributed by atoms with van der Waals surface area (Å²) in [6, 6.07) is 14.3. The van der Waals surface area contributed by atoms with E-state index in [9.17, 15) is 18.0 Å². The number of fused-ring (bicyclic) bond motifs is 1. The van der Waals surface area contributed by atoms with Crippen LogP contribution >= 0.6 is 11.8 Å². The number of thioether (sulfide) groups is 1. The Bertz CT molecular complexity index is 1650. The van der Waals surface area contributed by atoms with E-state index >= 15 is 0 Å². The average molecular weight is 644 g/mol. The molecule has 45 heavy (non-hydrogen) atoms. The van der Waals surface area contributed by atoms with E-state index in [2.05, 4.69) is 20.3 Å². The van der Waals surface area contributed by atoms with Gasteiger partial charge in [-0.15, -0.1) is 0 Å². The number of nitrogens with zero attached hydrogens (tertiary/aromatic N) is 3. The Labute approximate surface area is 263 Å². The quantitative estimate of drug-likeness (QED) is 0.0480. The van der Waals surface area contributed by atoms with E-state index in [0.29, 0.717) is 54.0 Å². The summed E-state index contributed by atoms with van der Waals surface area (Å²) in [6.45, 7) is 3.62. The fraction of sp³-hybridized carbons (Fsp3) is 0.387. The third-order valence-electron chi connectivity index (χ3n) is 7.19. The minimum Gasteiger partial charge on any atom is -0.370 e. The van der Waals surface area contributed by atoms with E-state index in [1.54, 1.807) is 18.3 Å². The van der Waals surface area contributed by atoms with Crippen LogP contribution in [0.3, 0.4) is 0 Å². The van der Waals surface area contributed by atoms with Gasteiger partial charge < -0.3 is 33.2 Å². The molecule has 0 aliphatic heterocycles.